The van der Waals surface area contributed by atoms with Crippen molar-refractivity contribution in [2.24, 2.45) is 23.2 Å². The van der Waals surface area contributed by atoms with E-state index in [1.54, 1.807) is 12.3 Å². The van der Waals surface area contributed by atoms with Crippen LogP contribution in [0.3, 0.4) is 0 Å². The van der Waals surface area contributed by atoms with E-state index in [0.29, 0.717) is 15.6 Å². The van der Waals surface area contributed by atoms with E-state index in [1.165, 1.54) is 38.5 Å². The minimum Gasteiger partial charge on any atom is -0.352 e. The zero-order valence-corrected chi connectivity index (χ0v) is 13.9. The number of hydrogen-bond donors (Lipinski definition) is 2. The van der Waals surface area contributed by atoms with E-state index in [1.807, 2.05) is 6.07 Å². The van der Waals surface area contributed by atoms with Gasteiger partial charge in [-0.1, -0.05) is 12.2 Å². The first-order valence-electron chi connectivity index (χ1n) is 8.54. The maximum atomic E-state index is 12.6. The number of aromatic amines is 1. The zero-order valence-electron chi connectivity index (χ0n) is 13.1. The van der Waals surface area contributed by atoms with E-state index in [4.69, 9.17) is 12.2 Å². The first-order chi connectivity index (χ1) is 10.6. The largest absolute Gasteiger partial charge is 0.352 e. The Morgan fingerprint density at radius 3 is 2.41 bits per heavy atom. The van der Waals surface area contributed by atoms with Crippen LogP contribution >= 0.6 is 12.2 Å². The van der Waals surface area contributed by atoms with E-state index in [2.05, 4.69) is 17.2 Å². The lowest BCUT2D eigenvalue weighted by atomic mass is 9.48. The fourth-order valence-corrected chi connectivity index (χ4v) is 5.96. The lowest BCUT2D eigenvalue weighted by Gasteiger charge is -2.59. The van der Waals surface area contributed by atoms with Gasteiger partial charge in [0.15, 0.2) is 0 Å². The normalized spacial score (nSPS) is 37.0. The van der Waals surface area contributed by atoms with Gasteiger partial charge in [-0.15, -0.1) is 0 Å². The van der Waals surface area contributed by atoms with Gasteiger partial charge in [0.05, 0.1) is 5.56 Å². The Balaban J connectivity index is 1.53. The fraction of sp³-hybridized carbons (Fsp3) is 0.667. The Morgan fingerprint density at radius 1 is 1.27 bits per heavy atom. The summed E-state index contributed by atoms with van der Waals surface area (Å²) >= 11 is 5.23. The van der Waals surface area contributed by atoms with Crippen molar-refractivity contribution in [2.45, 2.75) is 51.5 Å². The van der Waals surface area contributed by atoms with Gasteiger partial charge in [-0.2, -0.15) is 0 Å². The summed E-state index contributed by atoms with van der Waals surface area (Å²) in [5.74, 6) is 2.70. The highest BCUT2D eigenvalue weighted by molar-refractivity contribution is 7.71. The van der Waals surface area contributed by atoms with Crippen molar-refractivity contribution in [1.29, 1.82) is 0 Å². The molecule has 1 aromatic heterocycles. The highest BCUT2D eigenvalue weighted by Crippen LogP contribution is 2.61. The molecule has 2 N–H and O–H groups in total. The molecule has 0 radical (unpaired) electrons. The number of amides is 1. The molecule has 22 heavy (non-hydrogen) atoms. The Morgan fingerprint density at radius 2 is 1.86 bits per heavy atom. The number of pyridine rings is 1. The average Bonchev–Trinajstić information content (AvgIpc) is 2.46. The second kappa shape index (κ2) is 5.19. The molecule has 4 aliphatic rings. The first-order valence-corrected chi connectivity index (χ1v) is 8.95. The quantitative estimate of drug-likeness (QED) is 0.825. The molecule has 0 aromatic carbocycles. The maximum Gasteiger partial charge on any atom is 0.254 e. The van der Waals surface area contributed by atoms with Crippen molar-refractivity contribution in [1.82, 2.24) is 10.3 Å². The number of hydrogen-bond acceptors (Lipinski definition) is 2. The minimum atomic E-state index is -0.0231. The molecule has 1 amide bonds. The molecule has 3 nitrogen and oxygen atoms in total. The van der Waals surface area contributed by atoms with Gasteiger partial charge in [0.25, 0.3) is 5.91 Å². The van der Waals surface area contributed by atoms with Crippen molar-refractivity contribution in [3.05, 3.63) is 28.5 Å². The van der Waals surface area contributed by atoms with E-state index in [9.17, 15) is 4.79 Å². The van der Waals surface area contributed by atoms with Crippen LogP contribution in [-0.2, 0) is 0 Å². The molecule has 118 valence electrons. The van der Waals surface area contributed by atoms with Gasteiger partial charge in [0.1, 0.15) is 4.64 Å². The SMILES string of the molecule is CC(NC(=O)c1ccc[nH]c1=S)C12CC3CC(CC(C3)C1)C2. The Kier molecular flexibility index (Phi) is 3.40. The fourth-order valence-electron chi connectivity index (χ4n) is 5.74. The zero-order chi connectivity index (χ0) is 15.3. The van der Waals surface area contributed by atoms with Crippen LogP contribution in [0.4, 0.5) is 0 Å². The van der Waals surface area contributed by atoms with Crippen molar-refractivity contribution < 1.29 is 4.79 Å². The molecule has 0 aliphatic heterocycles. The summed E-state index contributed by atoms with van der Waals surface area (Å²) in [6.07, 6.45) is 9.99. The van der Waals surface area contributed by atoms with Gasteiger partial charge >= 0.3 is 0 Å². The lowest BCUT2D eigenvalue weighted by molar-refractivity contribution is -0.0688. The number of rotatable bonds is 3. The van der Waals surface area contributed by atoms with Crippen molar-refractivity contribution >= 4 is 18.1 Å². The molecule has 4 aliphatic carbocycles. The van der Waals surface area contributed by atoms with Crippen LogP contribution in [0.5, 0.6) is 0 Å². The molecule has 4 saturated carbocycles. The van der Waals surface area contributed by atoms with Crippen LogP contribution < -0.4 is 5.32 Å². The van der Waals surface area contributed by atoms with Crippen LogP contribution in [0.2, 0.25) is 0 Å². The Hall–Kier alpha value is -1.16. The third-order valence-electron chi connectivity index (χ3n) is 6.41. The first kappa shape index (κ1) is 14.4. The van der Waals surface area contributed by atoms with Gasteiger partial charge < -0.3 is 10.3 Å². The molecule has 4 bridgehead atoms. The third kappa shape index (κ3) is 2.32. The molecule has 0 saturated heterocycles. The molecular formula is C18H24N2OS. The number of H-pyrrole nitrogens is 1. The Bertz CT molecular complexity index is 615. The van der Waals surface area contributed by atoms with Gasteiger partial charge in [0, 0.05) is 12.2 Å². The molecular weight excluding hydrogens is 292 g/mol. The van der Waals surface area contributed by atoms with Crippen LogP contribution in [0.25, 0.3) is 0 Å². The van der Waals surface area contributed by atoms with Crippen molar-refractivity contribution in [3.8, 4) is 0 Å². The highest BCUT2D eigenvalue weighted by Gasteiger charge is 2.53. The van der Waals surface area contributed by atoms with E-state index < -0.39 is 0 Å². The second-order valence-corrected chi connectivity index (χ2v) is 8.30. The van der Waals surface area contributed by atoms with E-state index in [-0.39, 0.29) is 11.9 Å². The van der Waals surface area contributed by atoms with Gasteiger partial charge in [-0.05, 0) is 80.8 Å². The topological polar surface area (TPSA) is 44.9 Å². The number of carbonyl (C=O) groups is 1. The third-order valence-corrected chi connectivity index (χ3v) is 6.75. The van der Waals surface area contributed by atoms with Gasteiger partial charge in [0.2, 0.25) is 0 Å². The average molecular weight is 316 g/mol. The molecule has 4 heteroatoms. The summed E-state index contributed by atoms with van der Waals surface area (Å²) in [5, 5.41) is 3.27. The minimum absolute atomic E-state index is 0.0231. The van der Waals surface area contributed by atoms with E-state index >= 15 is 0 Å². The summed E-state index contributed by atoms with van der Waals surface area (Å²) in [4.78, 5) is 15.5. The maximum absolute atomic E-state index is 12.6. The Labute approximate surface area is 136 Å². The van der Waals surface area contributed by atoms with Gasteiger partial charge in [-0.25, -0.2) is 0 Å². The number of aromatic nitrogens is 1. The summed E-state index contributed by atoms with van der Waals surface area (Å²) in [5.41, 5.74) is 0.930. The number of nitrogens with one attached hydrogen (secondary N) is 2. The van der Waals surface area contributed by atoms with Crippen LogP contribution in [0, 0.1) is 27.8 Å². The van der Waals surface area contributed by atoms with Gasteiger partial charge in [-0.3, -0.25) is 4.79 Å². The van der Waals surface area contributed by atoms with Crippen LogP contribution in [0.15, 0.2) is 18.3 Å². The lowest BCUT2D eigenvalue weighted by Crippen LogP contribution is -2.55. The van der Waals surface area contributed by atoms with Crippen LogP contribution in [0.1, 0.15) is 55.8 Å². The van der Waals surface area contributed by atoms with Crippen molar-refractivity contribution in [2.75, 3.05) is 0 Å². The molecule has 5 rings (SSSR count). The second-order valence-electron chi connectivity index (χ2n) is 7.89. The number of carbonyl (C=O) groups excluding carboxylic acids is 1. The predicted molar refractivity (Wildman–Crippen MR) is 89.2 cm³/mol. The van der Waals surface area contributed by atoms with E-state index in [0.717, 1.165) is 17.8 Å². The summed E-state index contributed by atoms with van der Waals surface area (Å²) in [7, 11) is 0. The molecule has 1 unspecified atom stereocenters. The smallest absolute Gasteiger partial charge is 0.254 e. The van der Waals surface area contributed by atoms with Crippen LogP contribution in [-0.4, -0.2) is 16.9 Å². The summed E-state index contributed by atoms with van der Waals surface area (Å²) < 4.78 is 0.526. The molecule has 1 atom stereocenters. The molecule has 1 aromatic rings. The summed E-state index contributed by atoms with van der Waals surface area (Å²) in [6, 6.07) is 3.88. The summed E-state index contributed by atoms with van der Waals surface area (Å²) in [6.45, 7) is 2.21. The molecule has 1 heterocycles. The molecule has 0 spiro atoms. The monoisotopic (exact) mass is 316 g/mol. The standard InChI is InChI=1S/C18H24N2OS/c1-11(20-16(21)15-3-2-4-19-17(15)22)18-8-12-5-13(9-18)7-14(6-12)10-18/h2-4,11-14H,5-10H2,1H3,(H,19,22)(H,20,21). The highest BCUT2D eigenvalue weighted by atomic mass is 32.1. The predicted octanol–water partition coefficient (Wildman–Crippen LogP) is 4.08. The molecule has 4 fully saturated rings. The van der Waals surface area contributed by atoms with Crippen molar-refractivity contribution in [3.63, 3.8) is 0 Å².